The molecule has 0 radical (unpaired) electrons. The Hall–Kier alpha value is -2.01. The lowest BCUT2D eigenvalue weighted by molar-refractivity contribution is 0.865. The van der Waals surface area contributed by atoms with Crippen LogP contribution in [0.4, 0.5) is 0 Å². The smallest absolute Gasteiger partial charge is 0.166 e. The molecule has 0 saturated carbocycles. The molecule has 0 spiro atoms. The summed E-state index contributed by atoms with van der Waals surface area (Å²) in [5.74, 6) is 0.869. The molecule has 0 bridgehead atoms. The van der Waals surface area contributed by atoms with Gasteiger partial charge in [0.2, 0.25) is 0 Å². The zero-order valence-electron chi connectivity index (χ0n) is 12.2. The van der Waals surface area contributed by atoms with Gasteiger partial charge in [0.05, 0.1) is 12.0 Å². The minimum absolute atomic E-state index is 0.869. The molecule has 2 heterocycles. The summed E-state index contributed by atoms with van der Waals surface area (Å²) in [7, 11) is 2.01. The highest BCUT2D eigenvalue weighted by Gasteiger charge is 2.09. The predicted molar refractivity (Wildman–Crippen MR) is 85.3 cm³/mol. The molecule has 1 N–H and O–H groups in total. The second kappa shape index (κ2) is 6.18. The molecule has 0 atom stereocenters. The van der Waals surface area contributed by atoms with Crippen molar-refractivity contribution in [3.63, 3.8) is 0 Å². The highest BCUT2D eigenvalue weighted by Crippen LogP contribution is 2.22. The number of imidazole rings is 2. The normalized spacial score (nSPS) is 11.0. The maximum absolute atomic E-state index is 4.71. The molecule has 5 heteroatoms. The Morgan fingerprint density at radius 3 is 2.76 bits per heavy atom. The first-order valence-corrected chi connectivity index (χ1v) is 7.88. The number of H-pyrrole nitrogens is 1. The molecule has 0 unspecified atom stereocenters. The zero-order chi connectivity index (χ0) is 14.7. The number of hydrogen-bond acceptors (Lipinski definition) is 3. The van der Waals surface area contributed by atoms with Crippen molar-refractivity contribution in [2.24, 2.45) is 7.05 Å². The third kappa shape index (κ3) is 3.36. The molecule has 0 saturated heterocycles. The van der Waals surface area contributed by atoms with E-state index in [1.165, 1.54) is 11.3 Å². The van der Waals surface area contributed by atoms with Gasteiger partial charge >= 0.3 is 0 Å². The van der Waals surface area contributed by atoms with Crippen LogP contribution in [0.5, 0.6) is 0 Å². The van der Waals surface area contributed by atoms with Gasteiger partial charge in [0.25, 0.3) is 0 Å². The fourth-order valence-electron chi connectivity index (χ4n) is 2.16. The van der Waals surface area contributed by atoms with Gasteiger partial charge in [0.1, 0.15) is 0 Å². The zero-order valence-corrected chi connectivity index (χ0v) is 13.0. The third-order valence-corrected chi connectivity index (χ3v) is 4.36. The van der Waals surface area contributed by atoms with E-state index in [9.17, 15) is 0 Å². The number of hydrogen-bond donors (Lipinski definition) is 1. The predicted octanol–water partition coefficient (Wildman–Crippen LogP) is 3.33. The Morgan fingerprint density at radius 2 is 2.05 bits per heavy atom. The largest absolute Gasteiger partial charge is 0.337 e. The van der Waals surface area contributed by atoms with Gasteiger partial charge < -0.3 is 9.55 Å². The Kier molecular flexibility index (Phi) is 4.10. The van der Waals surface area contributed by atoms with Crippen LogP contribution in [0.25, 0.3) is 0 Å². The number of rotatable bonds is 5. The van der Waals surface area contributed by atoms with Crippen LogP contribution in [0.15, 0.2) is 48.0 Å². The molecule has 4 nitrogen and oxygen atoms in total. The number of nitrogens with zero attached hydrogens (tertiary/aromatic N) is 3. The molecule has 0 aliphatic heterocycles. The van der Waals surface area contributed by atoms with Crippen molar-refractivity contribution in [3.05, 3.63) is 65.5 Å². The minimum atomic E-state index is 0.869. The third-order valence-electron chi connectivity index (χ3n) is 3.45. The molecule has 1 aromatic carbocycles. The van der Waals surface area contributed by atoms with Gasteiger partial charge in [-0.3, -0.25) is 0 Å². The Bertz CT molecular complexity index is 715. The van der Waals surface area contributed by atoms with E-state index in [2.05, 4.69) is 41.2 Å². The van der Waals surface area contributed by atoms with E-state index >= 15 is 0 Å². The van der Waals surface area contributed by atoms with Crippen LogP contribution < -0.4 is 0 Å². The summed E-state index contributed by atoms with van der Waals surface area (Å²) < 4.78 is 2.04. The van der Waals surface area contributed by atoms with Gasteiger partial charge in [-0.25, -0.2) is 9.97 Å². The van der Waals surface area contributed by atoms with Gasteiger partial charge in [-0.1, -0.05) is 42.1 Å². The summed E-state index contributed by atoms with van der Waals surface area (Å²) in [6, 6.07) is 10.4. The van der Waals surface area contributed by atoms with E-state index in [1.807, 2.05) is 30.2 Å². The highest BCUT2D eigenvalue weighted by molar-refractivity contribution is 7.98. The van der Waals surface area contributed by atoms with Gasteiger partial charge in [-0.05, 0) is 12.5 Å². The molecule has 3 aromatic rings. The Balaban J connectivity index is 1.68. The van der Waals surface area contributed by atoms with Crippen LogP contribution >= 0.6 is 11.8 Å². The van der Waals surface area contributed by atoms with Crippen LogP contribution in [-0.4, -0.2) is 19.5 Å². The molecule has 0 aliphatic carbocycles. The number of thioether (sulfide) groups is 1. The summed E-state index contributed by atoms with van der Waals surface area (Å²) in [5.41, 5.74) is 4.74. The van der Waals surface area contributed by atoms with Gasteiger partial charge in [0.15, 0.2) is 5.16 Å². The summed E-state index contributed by atoms with van der Waals surface area (Å²) in [5, 5.41) is 0.972. The first-order chi connectivity index (χ1) is 10.2. The van der Waals surface area contributed by atoms with Crippen LogP contribution in [0, 0.1) is 6.92 Å². The fraction of sp³-hybridized carbons (Fsp3) is 0.250. The van der Waals surface area contributed by atoms with Crippen molar-refractivity contribution in [1.82, 2.24) is 19.5 Å². The molecule has 2 aromatic heterocycles. The number of nitrogens with one attached hydrogen (secondary N) is 1. The Labute approximate surface area is 128 Å². The molecule has 0 aliphatic rings. The summed E-state index contributed by atoms with van der Waals surface area (Å²) in [6.07, 6.45) is 4.59. The average Bonchev–Trinajstić information content (AvgIpc) is 3.04. The first kappa shape index (κ1) is 13.9. The molecule has 21 heavy (non-hydrogen) atoms. The SMILES string of the molecule is Cc1[nH]c(SCc2cncn2C)nc1Cc1ccccc1. The number of benzene rings is 1. The quantitative estimate of drug-likeness (QED) is 0.735. The first-order valence-electron chi connectivity index (χ1n) is 6.90. The van der Waals surface area contributed by atoms with Crippen LogP contribution in [-0.2, 0) is 19.2 Å². The van der Waals surface area contributed by atoms with Crippen LogP contribution in [0.3, 0.4) is 0 Å². The van der Waals surface area contributed by atoms with Crippen molar-refractivity contribution in [3.8, 4) is 0 Å². The molecule has 0 fully saturated rings. The number of aromatic nitrogens is 4. The summed E-state index contributed by atoms with van der Waals surface area (Å²) >= 11 is 1.71. The van der Waals surface area contributed by atoms with Crippen molar-refractivity contribution in [2.75, 3.05) is 0 Å². The maximum Gasteiger partial charge on any atom is 0.166 e. The topological polar surface area (TPSA) is 46.5 Å². The standard InChI is InChI=1S/C16H18N4S/c1-12-15(8-13-6-4-3-5-7-13)19-16(18-12)21-10-14-9-17-11-20(14)2/h3-7,9,11H,8,10H2,1-2H3,(H,18,19). The molecule has 108 valence electrons. The molecule has 3 rings (SSSR count). The van der Waals surface area contributed by atoms with E-state index in [-0.39, 0.29) is 0 Å². The molecule has 0 amide bonds. The monoisotopic (exact) mass is 298 g/mol. The van der Waals surface area contributed by atoms with Gasteiger partial charge in [-0.15, -0.1) is 0 Å². The van der Waals surface area contributed by atoms with Gasteiger partial charge in [-0.2, -0.15) is 0 Å². The average molecular weight is 298 g/mol. The van der Waals surface area contributed by atoms with Crippen molar-refractivity contribution >= 4 is 11.8 Å². The van der Waals surface area contributed by atoms with Crippen LogP contribution in [0.2, 0.25) is 0 Å². The summed E-state index contributed by atoms with van der Waals surface area (Å²) in [6.45, 7) is 2.08. The van der Waals surface area contributed by atoms with Crippen molar-refractivity contribution in [1.29, 1.82) is 0 Å². The number of aryl methyl sites for hydroxylation is 2. The van der Waals surface area contributed by atoms with Crippen molar-refractivity contribution < 1.29 is 0 Å². The second-order valence-electron chi connectivity index (χ2n) is 5.06. The van der Waals surface area contributed by atoms with E-state index in [4.69, 9.17) is 4.98 Å². The Morgan fingerprint density at radius 1 is 1.24 bits per heavy atom. The second-order valence-corrected chi connectivity index (χ2v) is 6.02. The lowest BCUT2D eigenvalue weighted by Crippen LogP contribution is -1.92. The number of aromatic amines is 1. The van der Waals surface area contributed by atoms with E-state index in [0.29, 0.717) is 0 Å². The fourth-order valence-corrected chi connectivity index (χ4v) is 3.13. The van der Waals surface area contributed by atoms with E-state index in [1.54, 1.807) is 11.8 Å². The molecular formula is C16H18N4S. The highest BCUT2D eigenvalue weighted by atomic mass is 32.2. The van der Waals surface area contributed by atoms with E-state index < -0.39 is 0 Å². The lowest BCUT2D eigenvalue weighted by atomic mass is 10.1. The van der Waals surface area contributed by atoms with Gasteiger partial charge in [0, 0.05) is 36.8 Å². The van der Waals surface area contributed by atoms with Crippen molar-refractivity contribution in [2.45, 2.75) is 24.3 Å². The van der Waals surface area contributed by atoms with E-state index in [0.717, 1.165) is 28.7 Å². The van der Waals surface area contributed by atoms with Crippen LogP contribution in [0.1, 0.15) is 22.6 Å². The molecular weight excluding hydrogens is 280 g/mol. The minimum Gasteiger partial charge on any atom is -0.337 e. The lowest BCUT2D eigenvalue weighted by Gasteiger charge is -1.99. The summed E-state index contributed by atoms with van der Waals surface area (Å²) in [4.78, 5) is 12.2. The maximum atomic E-state index is 4.71.